The summed E-state index contributed by atoms with van der Waals surface area (Å²) in [4.78, 5) is 43.3. The molecule has 0 aromatic heterocycles. The van der Waals surface area contributed by atoms with E-state index >= 15 is 0 Å². The molecule has 0 radical (unpaired) electrons. The Bertz CT molecular complexity index is 1460. The van der Waals surface area contributed by atoms with Gasteiger partial charge in [0.25, 0.3) is 17.7 Å². The fourth-order valence-corrected chi connectivity index (χ4v) is 15.6. The monoisotopic (exact) mass is 696 g/mol. The molecule has 0 spiro atoms. The van der Waals surface area contributed by atoms with Crippen molar-refractivity contribution >= 4 is 17.7 Å². The Morgan fingerprint density at radius 2 is 1.04 bits per heavy atom. The molecule has 51 heavy (non-hydrogen) atoms. The predicted octanol–water partition coefficient (Wildman–Crippen LogP) is 9.51. The van der Waals surface area contributed by atoms with Crippen LogP contribution in [-0.2, 0) is 0 Å². The number of hydrogen-bond acceptors (Lipinski definition) is 3. The Hall–Kier alpha value is -2.37. The largest absolute Gasteiger partial charge is 0.347 e. The smallest absolute Gasteiger partial charge is 0.251 e. The van der Waals surface area contributed by atoms with E-state index < -0.39 is 0 Å². The number of hydrogen-bond donors (Lipinski definition) is 3. The average molecular weight is 696 g/mol. The van der Waals surface area contributed by atoms with E-state index in [4.69, 9.17) is 0 Å². The molecule has 10 fully saturated rings. The van der Waals surface area contributed by atoms with Crippen molar-refractivity contribution < 1.29 is 14.4 Å². The van der Waals surface area contributed by atoms with Gasteiger partial charge in [-0.1, -0.05) is 59.3 Å². The summed E-state index contributed by atoms with van der Waals surface area (Å²) in [6.07, 6.45) is 25.8. The minimum atomic E-state index is -0.207. The van der Waals surface area contributed by atoms with Gasteiger partial charge in [-0.3, -0.25) is 14.4 Å². The minimum Gasteiger partial charge on any atom is -0.347 e. The molecule has 10 aliphatic rings. The van der Waals surface area contributed by atoms with Crippen LogP contribution in [-0.4, -0.2) is 34.3 Å². The highest BCUT2D eigenvalue weighted by Gasteiger charge is 2.57. The lowest BCUT2D eigenvalue weighted by Gasteiger charge is -2.61. The van der Waals surface area contributed by atoms with Crippen LogP contribution < -0.4 is 16.0 Å². The molecule has 0 aliphatic heterocycles. The fourth-order valence-electron chi connectivity index (χ4n) is 15.6. The van der Waals surface area contributed by atoms with Gasteiger partial charge >= 0.3 is 0 Å². The maximum absolute atomic E-state index is 14.5. The van der Waals surface area contributed by atoms with Gasteiger partial charge in [-0.05, 0) is 167 Å². The molecule has 3 amide bonds. The molecule has 6 heteroatoms. The summed E-state index contributed by atoms with van der Waals surface area (Å²) < 4.78 is 0. The number of nitrogens with one attached hydrogen (secondary N) is 3. The van der Waals surface area contributed by atoms with E-state index in [1.807, 2.05) is 0 Å². The van der Waals surface area contributed by atoms with E-state index in [9.17, 15) is 14.4 Å². The lowest BCUT2D eigenvalue weighted by Crippen LogP contribution is -2.62. The zero-order chi connectivity index (χ0) is 35.2. The number of carbonyl (C=O) groups is 3. The first-order valence-electron chi connectivity index (χ1n) is 21.4. The molecule has 6 nitrogen and oxygen atoms in total. The van der Waals surface area contributed by atoms with Gasteiger partial charge in [-0.2, -0.15) is 0 Å². The molecular formula is C45H65N3O3. The second-order valence-corrected chi connectivity index (χ2v) is 21.4. The van der Waals surface area contributed by atoms with Gasteiger partial charge in [0.05, 0.1) is 0 Å². The minimum absolute atomic E-state index is 0.116. The zero-order valence-corrected chi connectivity index (χ0v) is 32.0. The first-order chi connectivity index (χ1) is 24.3. The second kappa shape index (κ2) is 12.3. The van der Waals surface area contributed by atoms with E-state index in [1.165, 1.54) is 70.6 Å². The van der Waals surface area contributed by atoms with Crippen molar-refractivity contribution in [1.29, 1.82) is 0 Å². The van der Waals surface area contributed by atoms with Crippen LogP contribution in [0.2, 0.25) is 0 Å². The zero-order valence-electron chi connectivity index (χ0n) is 32.0. The fraction of sp³-hybridized carbons (Fsp3) is 0.800. The first kappa shape index (κ1) is 34.4. The van der Waals surface area contributed by atoms with Gasteiger partial charge in [0.2, 0.25) is 0 Å². The van der Waals surface area contributed by atoms with Crippen molar-refractivity contribution in [3.63, 3.8) is 0 Å². The van der Waals surface area contributed by atoms with Crippen molar-refractivity contribution in [1.82, 2.24) is 16.0 Å². The molecule has 1 aromatic rings. The Morgan fingerprint density at radius 1 is 0.588 bits per heavy atom. The summed E-state index contributed by atoms with van der Waals surface area (Å²) in [6, 6.07) is 5.40. The Kier molecular flexibility index (Phi) is 8.32. The third kappa shape index (κ3) is 6.70. The van der Waals surface area contributed by atoms with E-state index in [1.54, 1.807) is 18.2 Å². The molecule has 6 atom stereocenters. The van der Waals surface area contributed by atoms with Crippen molar-refractivity contribution in [3.05, 3.63) is 34.9 Å². The summed E-state index contributed by atoms with van der Waals surface area (Å²) in [5.74, 6) is 3.82. The summed E-state index contributed by atoms with van der Waals surface area (Å²) in [5.41, 5.74) is 1.45. The second-order valence-electron chi connectivity index (χ2n) is 21.4. The molecule has 278 valence electrons. The lowest BCUT2D eigenvalue weighted by atomic mass is 9.47. The Labute approximate surface area is 307 Å². The molecular weight excluding hydrogens is 631 g/mol. The number of rotatable bonds is 8. The van der Waals surface area contributed by atoms with Gasteiger partial charge in [0.1, 0.15) is 0 Å². The molecule has 6 unspecified atom stereocenters. The van der Waals surface area contributed by atoms with Crippen molar-refractivity contribution in [2.75, 3.05) is 0 Å². The van der Waals surface area contributed by atoms with Crippen LogP contribution in [0.1, 0.15) is 193 Å². The van der Waals surface area contributed by atoms with Crippen LogP contribution in [0.3, 0.4) is 0 Å². The quantitative estimate of drug-likeness (QED) is 0.253. The van der Waals surface area contributed by atoms with Crippen LogP contribution in [0, 0.1) is 46.3 Å². The number of amides is 3. The molecule has 10 aliphatic carbocycles. The van der Waals surface area contributed by atoms with E-state index in [2.05, 4.69) is 36.7 Å². The maximum Gasteiger partial charge on any atom is 0.251 e. The highest BCUT2D eigenvalue weighted by molar-refractivity contribution is 6.05. The third-order valence-corrected chi connectivity index (χ3v) is 16.1. The highest BCUT2D eigenvalue weighted by atomic mass is 16.2. The standard InChI is InChI=1S/C45H65N3O3/c1-29-8-7-9-30(12-29)22-43(10-5-4-6-11-43)46-38(49)35-15-36(39(50)47-44-23-31-13-32(24-44)19-41(2,18-31)27-44)17-37(16-35)40(51)48-45-25-33-14-34(26-45)21-42(3,20-33)28-45/h15-17,29-34H,4-14,18-28H2,1-3H3,(H,46,49)(H,47,50)(H,48,51). The molecule has 11 rings (SSSR count). The van der Waals surface area contributed by atoms with Crippen molar-refractivity contribution in [2.45, 2.75) is 179 Å². The SMILES string of the molecule is CC1CCCC(CC2(NC(=O)c3cc(C(=O)NC45CC6CC(CC(C)(C6)C4)C5)cc(C(=O)NC45CC6CC(CC(C)(C6)C4)C5)c3)CCCCC2)C1. The van der Waals surface area contributed by atoms with Gasteiger partial charge < -0.3 is 16.0 Å². The van der Waals surface area contributed by atoms with Crippen molar-refractivity contribution in [3.8, 4) is 0 Å². The first-order valence-corrected chi connectivity index (χ1v) is 21.4. The molecule has 1 aromatic carbocycles. The normalized spacial score (nSPS) is 43.1. The predicted molar refractivity (Wildman–Crippen MR) is 201 cm³/mol. The molecule has 8 bridgehead atoms. The van der Waals surface area contributed by atoms with E-state index in [0.29, 0.717) is 57.1 Å². The molecule has 3 N–H and O–H groups in total. The lowest BCUT2D eigenvalue weighted by molar-refractivity contribution is -0.0684. The average Bonchev–Trinajstić information content (AvgIpc) is 3.02. The van der Waals surface area contributed by atoms with Crippen LogP contribution in [0.15, 0.2) is 18.2 Å². The molecule has 0 heterocycles. The van der Waals surface area contributed by atoms with E-state index in [-0.39, 0.29) is 34.3 Å². The van der Waals surface area contributed by atoms with Crippen molar-refractivity contribution in [2.24, 2.45) is 46.3 Å². The van der Waals surface area contributed by atoms with Crippen LogP contribution in [0.5, 0.6) is 0 Å². The van der Waals surface area contributed by atoms with Gasteiger partial charge in [-0.25, -0.2) is 0 Å². The Balaban J connectivity index is 1.01. The topological polar surface area (TPSA) is 87.3 Å². The summed E-state index contributed by atoms with van der Waals surface area (Å²) in [7, 11) is 0. The van der Waals surface area contributed by atoms with E-state index in [0.717, 1.165) is 76.5 Å². The third-order valence-electron chi connectivity index (χ3n) is 16.1. The maximum atomic E-state index is 14.5. The molecule has 0 saturated heterocycles. The van der Waals surface area contributed by atoms with Crippen LogP contribution >= 0.6 is 0 Å². The summed E-state index contributed by atoms with van der Waals surface area (Å²) >= 11 is 0. The van der Waals surface area contributed by atoms with Crippen LogP contribution in [0.4, 0.5) is 0 Å². The van der Waals surface area contributed by atoms with Gasteiger partial charge in [0.15, 0.2) is 0 Å². The number of carbonyl (C=O) groups excluding carboxylic acids is 3. The van der Waals surface area contributed by atoms with Gasteiger partial charge in [-0.15, -0.1) is 0 Å². The number of benzene rings is 1. The summed E-state index contributed by atoms with van der Waals surface area (Å²) in [5, 5.41) is 10.8. The summed E-state index contributed by atoms with van der Waals surface area (Å²) in [6.45, 7) is 7.24. The highest BCUT2D eigenvalue weighted by Crippen LogP contribution is 2.62. The van der Waals surface area contributed by atoms with Gasteiger partial charge in [0, 0.05) is 33.3 Å². The molecule has 10 saturated carbocycles. The van der Waals surface area contributed by atoms with Crippen LogP contribution in [0.25, 0.3) is 0 Å². The Morgan fingerprint density at radius 3 is 1.47 bits per heavy atom.